The first-order chi connectivity index (χ1) is 17.0. The molecular weight excluding hydrogens is 480 g/mol. The van der Waals surface area contributed by atoms with Gasteiger partial charge in [-0.25, -0.2) is 13.1 Å². The molecule has 9 heteroatoms. The van der Waals surface area contributed by atoms with E-state index in [1.54, 1.807) is 24.3 Å². The third-order valence-electron chi connectivity index (χ3n) is 6.62. The van der Waals surface area contributed by atoms with Gasteiger partial charge < -0.3 is 19.2 Å². The van der Waals surface area contributed by atoms with Crippen LogP contribution in [0.2, 0.25) is 0 Å². The molecule has 1 fully saturated rings. The van der Waals surface area contributed by atoms with Crippen molar-refractivity contribution in [3.8, 4) is 0 Å². The summed E-state index contributed by atoms with van der Waals surface area (Å²) in [7, 11) is -3.88. The molecule has 0 radical (unpaired) electrons. The minimum atomic E-state index is -3.88. The molecule has 0 amide bonds. The first kappa shape index (κ1) is 24.7. The van der Waals surface area contributed by atoms with Crippen molar-refractivity contribution in [2.45, 2.75) is 69.2 Å². The van der Waals surface area contributed by atoms with E-state index in [0.717, 1.165) is 22.0 Å². The number of para-hydroxylation sites is 1. The van der Waals surface area contributed by atoms with E-state index in [4.69, 9.17) is 14.2 Å². The van der Waals surface area contributed by atoms with Gasteiger partial charge in [-0.15, -0.1) is 0 Å². The van der Waals surface area contributed by atoms with Gasteiger partial charge in [0.05, 0.1) is 16.6 Å². The molecule has 5 rings (SSSR count). The topological polar surface area (TPSA) is 107 Å². The molecule has 2 N–H and O–H groups in total. The lowest BCUT2D eigenvalue weighted by atomic mass is 9.81. The predicted octanol–water partition coefficient (Wildman–Crippen LogP) is 4.06. The Labute approximate surface area is 210 Å². The van der Waals surface area contributed by atoms with Crippen molar-refractivity contribution >= 4 is 26.9 Å². The number of aromatic amines is 1. The standard InChI is InChI=1S/C27H30N2O6S/c1-16-9-11-18(12-10-16)36(31,32)29-25-20(13-14-23-26(25)35-27(3,4)34-23)24-19-7-5-6-8-21(19)28-22(24)15-33-17(2)30/h5-14,20,23,25-26,28-29H,15H2,1-4H3/t20-,23-,25-,26-/m1/s1. The van der Waals surface area contributed by atoms with E-state index < -0.39 is 45.9 Å². The number of hydrogen-bond acceptors (Lipinski definition) is 6. The van der Waals surface area contributed by atoms with E-state index in [2.05, 4.69) is 9.71 Å². The van der Waals surface area contributed by atoms with Crippen molar-refractivity contribution in [3.05, 3.63) is 77.5 Å². The Bertz CT molecular complexity index is 1420. The number of rotatable bonds is 6. The second-order valence-electron chi connectivity index (χ2n) is 9.78. The van der Waals surface area contributed by atoms with Gasteiger partial charge in [0, 0.05) is 23.7 Å². The van der Waals surface area contributed by atoms with E-state index in [9.17, 15) is 13.2 Å². The molecule has 0 unspecified atom stereocenters. The SMILES string of the molecule is CC(=O)OCc1[nH]c2ccccc2c1[C@H]1C=C[C@H]2OC(C)(C)O[C@H]2[C@@H]1NS(=O)(=O)c1ccc(C)cc1. The molecular formula is C27H30N2O6S. The van der Waals surface area contributed by atoms with Gasteiger partial charge in [-0.2, -0.15) is 0 Å². The van der Waals surface area contributed by atoms with Crippen LogP contribution < -0.4 is 4.72 Å². The summed E-state index contributed by atoms with van der Waals surface area (Å²) in [6, 6.07) is 13.8. The van der Waals surface area contributed by atoms with Crippen LogP contribution in [0, 0.1) is 6.92 Å². The number of ether oxygens (including phenoxy) is 3. The predicted molar refractivity (Wildman–Crippen MR) is 135 cm³/mol. The number of carbonyl (C=O) groups is 1. The zero-order valence-electron chi connectivity index (χ0n) is 20.6. The Kier molecular flexibility index (Phi) is 6.28. The lowest BCUT2D eigenvalue weighted by molar-refractivity contribution is -0.145. The average Bonchev–Trinajstić information content (AvgIpc) is 3.34. The van der Waals surface area contributed by atoms with Crippen LogP contribution >= 0.6 is 0 Å². The van der Waals surface area contributed by atoms with Gasteiger partial charge in [0.2, 0.25) is 10.0 Å². The monoisotopic (exact) mass is 510 g/mol. The van der Waals surface area contributed by atoms with Crippen LogP contribution in [0.1, 0.15) is 43.5 Å². The fraction of sp³-hybridized carbons (Fsp3) is 0.370. The number of fused-ring (bicyclic) bond motifs is 2. The third kappa shape index (κ3) is 4.71. The lowest BCUT2D eigenvalue weighted by Crippen LogP contribution is -2.52. The highest BCUT2D eigenvalue weighted by molar-refractivity contribution is 7.89. The Morgan fingerprint density at radius 3 is 2.53 bits per heavy atom. The van der Waals surface area contributed by atoms with E-state index in [1.807, 2.05) is 57.2 Å². The van der Waals surface area contributed by atoms with Crippen LogP contribution in [-0.2, 0) is 35.6 Å². The highest BCUT2D eigenvalue weighted by Gasteiger charge is 2.50. The number of aromatic nitrogens is 1. The fourth-order valence-corrected chi connectivity index (χ4v) is 6.34. The normalized spacial score (nSPS) is 25.1. The quantitative estimate of drug-likeness (QED) is 0.383. The number of sulfonamides is 1. The van der Waals surface area contributed by atoms with Gasteiger partial charge >= 0.3 is 5.97 Å². The molecule has 190 valence electrons. The number of hydrogen-bond donors (Lipinski definition) is 2. The van der Waals surface area contributed by atoms with Crippen LogP contribution in [0.4, 0.5) is 0 Å². The van der Waals surface area contributed by atoms with Gasteiger partial charge in [0.15, 0.2) is 5.79 Å². The highest BCUT2D eigenvalue weighted by Crippen LogP contribution is 2.42. The number of esters is 1. The molecule has 0 bridgehead atoms. The Balaban J connectivity index is 1.61. The van der Waals surface area contributed by atoms with Crippen molar-refractivity contribution in [1.82, 2.24) is 9.71 Å². The summed E-state index contributed by atoms with van der Waals surface area (Å²) in [5.41, 5.74) is 3.40. The molecule has 1 saturated heterocycles. The molecule has 8 nitrogen and oxygen atoms in total. The molecule has 36 heavy (non-hydrogen) atoms. The van der Waals surface area contributed by atoms with Gasteiger partial charge in [0.1, 0.15) is 18.8 Å². The van der Waals surface area contributed by atoms with Crippen molar-refractivity contribution in [2.75, 3.05) is 0 Å². The molecule has 1 aromatic heterocycles. The van der Waals surface area contributed by atoms with Crippen molar-refractivity contribution in [2.24, 2.45) is 0 Å². The van der Waals surface area contributed by atoms with Crippen LogP contribution in [0.15, 0.2) is 65.6 Å². The smallest absolute Gasteiger partial charge is 0.303 e. The summed E-state index contributed by atoms with van der Waals surface area (Å²) in [5.74, 6) is -1.68. The highest BCUT2D eigenvalue weighted by atomic mass is 32.2. The van der Waals surface area contributed by atoms with E-state index in [-0.39, 0.29) is 11.5 Å². The first-order valence-electron chi connectivity index (χ1n) is 11.9. The van der Waals surface area contributed by atoms with E-state index in [1.165, 1.54) is 6.92 Å². The summed E-state index contributed by atoms with van der Waals surface area (Å²) in [4.78, 5) is 15.1. The van der Waals surface area contributed by atoms with Crippen LogP contribution in [0.3, 0.4) is 0 Å². The molecule has 0 saturated carbocycles. The van der Waals surface area contributed by atoms with E-state index in [0.29, 0.717) is 5.69 Å². The fourth-order valence-electron chi connectivity index (χ4n) is 5.07. The first-order valence-corrected chi connectivity index (χ1v) is 13.4. The van der Waals surface area contributed by atoms with Crippen LogP contribution in [-0.4, -0.2) is 43.4 Å². The molecule has 2 aliphatic rings. The molecule has 1 aliphatic heterocycles. The Morgan fingerprint density at radius 2 is 1.81 bits per heavy atom. The average molecular weight is 511 g/mol. The van der Waals surface area contributed by atoms with Crippen molar-refractivity contribution in [3.63, 3.8) is 0 Å². The molecule has 4 atom stereocenters. The number of nitrogens with one attached hydrogen (secondary N) is 2. The Morgan fingerprint density at radius 1 is 1.08 bits per heavy atom. The van der Waals surface area contributed by atoms with Crippen molar-refractivity contribution < 1.29 is 27.4 Å². The number of benzene rings is 2. The molecule has 2 heterocycles. The van der Waals surface area contributed by atoms with Crippen LogP contribution in [0.5, 0.6) is 0 Å². The summed E-state index contributed by atoms with van der Waals surface area (Å²) in [6.45, 7) is 6.94. The van der Waals surface area contributed by atoms with Gasteiger partial charge in [-0.1, -0.05) is 48.0 Å². The summed E-state index contributed by atoms with van der Waals surface area (Å²) >= 11 is 0. The molecule has 0 spiro atoms. The second kappa shape index (κ2) is 9.15. The number of carbonyl (C=O) groups excluding carboxylic acids is 1. The van der Waals surface area contributed by atoms with Gasteiger partial charge in [-0.3, -0.25) is 4.79 Å². The number of H-pyrrole nitrogens is 1. The summed E-state index contributed by atoms with van der Waals surface area (Å²) < 4.78 is 47.6. The van der Waals surface area contributed by atoms with E-state index >= 15 is 0 Å². The van der Waals surface area contributed by atoms with Gasteiger partial charge in [-0.05, 0) is 44.5 Å². The van der Waals surface area contributed by atoms with Crippen molar-refractivity contribution in [1.29, 1.82) is 0 Å². The zero-order valence-corrected chi connectivity index (χ0v) is 21.5. The summed E-state index contributed by atoms with van der Waals surface area (Å²) in [5, 5.41) is 0.922. The molecule has 2 aromatic carbocycles. The molecule has 3 aromatic rings. The van der Waals surface area contributed by atoms with Crippen LogP contribution in [0.25, 0.3) is 10.9 Å². The minimum absolute atomic E-state index is 0.0397. The zero-order chi connectivity index (χ0) is 25.7. The number of aryl methyl sites for hydroxylation is 1. The maximum absolute atomic E-state index is 13.5. The maximum Gasteiger partial charge on any atom is 0.303 e. The largest absolute Gasteiger partial charge is 0.459 e. The summed E-state index contributed by atoms with van der Waals surface area (Å²) in [6.07, 6.45) is 2.91. The lowest BCUT2D eigenvalue weighted by Gasteiger charge is -2.35. The third-order valence-corrected chi connectivity index (χ3v) is 8.09. The Hall–Kier alpha value is -2.98. The molecule has 1 aliphatic carbocycles. The second-order valence-corrected chi connectivity index (χ2v) is 11.5. The van der Waals surface area contributed by atoms with Gasteiger partial charge in [0.25, 0.3) is 0 Å². The maximum atomic E-state index is 13.5. The minimum Gasteiger partial charge on any atom is -0.459 e.